The number of amides is 1. The number of rotatable bonds is 5. The number of carboxylic acids is 1. The van der Waals surface area contributed by atoms with Crippen LogP contribution in [0.1, 0.15) is 26.7 Å². The van der Waals surface area contributed by atoms with Crippen molar-refractivity contribution in [3.63, 3.8) is 0 Å². The van der Waals surface area contributed by atoms with Crippen LogP contribution < -0.4 is 0 Å². The molecule has 1 saturated heterocycles. The molecule has 0 aromatic carbocycles. The number of carbonyl (C=O) groups excluding carboxylic acids is 1. The van der Waals surface area contributed by atoms with E-state index >= 15 is 0 Å². The molecule has 0 aromatic heterocycles. The Morgan fingerprint density at radius 1 is 1.47 bits per heavy atom. The molecular weight excluding hydrogens is 238 g/mol. The van der Waals surface area contributed by atoms with Gasteiger partial charge in [0.15, 0.2) is 0 Å². The van der Waals surface area contributed by atoms with E-state index < -0.39 is 12.0 Å². The summed E-state index contributed by atoms with van der Waals surface area (Å²) in [6, 6.07) is -0.687. The smallest absolute Gasteiger partial charge is 0.326 e. The van der Waals surface area contributed by atoms with Gasteiger partial charge in [0.2, 0.25) is 5.91 Å². The van der Waals surface area contributed by atoms with Crippen molar-refractivity contribution in [3.05, 3.63) is 0 Å². The van der Waals surface area contributed by atoms with Crippen LogP contribution in [0.5, 0.6) is 0 Å². The van der Waals surface area contributed by atoms with Crippen LogP contribution in [0.2, 0.25) is 0 Å². The van der Waals surface area contributed by atoms with Crippen LogP contribution >= 0.6 is 11.8 Å². The molecule has 1 fully saturated rings. The van der Waals surface area contributed by atoms with Crippen molar-refractivity contribution in [2.24, 2.45) is 11.8 Å². The average Bonchev–Trinajstić information content (AvgIpc) is 2.76. The van der Waals surface area contributed by atoms with Crippen LogP contribution in [0.15, 0.2) is 0 Å². The molecule has 98 valence electrons. The second kappa shape index (κ2) is 6.28. The zero-order valence-electron chi connectivity index (χ0n) is 10.7. The minimum absolute atomic E-state index is 0.0111. The van der Waals surface area contributed by atoms with Gasteiger partial charge in [0.1, 0.15) is 6.04 Å². The first-order chi connectivity index (χ1) is 7.93. The summed E-state index contributed by atoms with van der Waals surface area (Å²) in [5.41, 5.74) is 0. The van der Waals surface area contributed by atoms with Gasteiger partial charge in [-0.25, -0.2) is 4.79 Å². The highest BCUT2D eigenvalue weighted by Crippen LogP contribution is 2.26. The monoisotopic (exact) mass is 259 g/mol. The summed E-state index contributed by atoms with van der Waals surface area (Å²) in [5, 5.41) is 9.19. The Bertz CT molecular complexity index is 287. The second-order valence-corrected chi connectivity index (χ2v) is 6.14. The highest BCUT2D eigenvalue weighted by Gasteiger charge is 2.32. The van der Waals surface area contributed by atoms with E-state index in [2.05, 4.69) is 0 Å². The minimum Gasteiger partial charge on any atom is -0.480 e. The van der Waals surface area contributed by atoms with Gasteiger partial charge in [-0.15, -0.1) is 0 Å². The maximum Gasteiger partial charge on any atom is 0.326 e. The minimum atomic E-state index is -0.903. The molecule has 1 aliphatic rings. The van der Waals surface area contributed by atoms with E-state index in [4.69, 9.17) is 0 Å². The van der Waals surface area contributed by atoms with Crippen molar-refractivity contribution in [3.8, 4) is 0 Å². The number of hydrogen-bond donors (Lipinski definition) is 1. The van der Waals surface area contributed by atoms with E-state index in [0.29, 0.717) is 6.42 Å². The molecule has 2 atom stereocenters. The Morgan fingerprint density at radius 2 is 2.12 bits per heavy atom. The molecule has 1 amide bonds. The molecule has 17 heavy (non-hydrogen) atoms. The van der Waals surface area contributed by atoms with Gasteiger partial charge >= 0.3 is 5.97 Å². The Balaban J connectivity index is 2.65. The van der Waals surface area contributed by atoms with Crippen LogP contribution in [0.4, 0.5) is 0 Å². The third kappa shape index (κ3) is 3.91. The average molecular weight is 259 g/mol. The topological polar surface area (TPSA) is 57.6 Å². The lowest BCUT2D eigenvalue weighted by Crippen LogP contribution is -2.45. The zero-order chi connectivity index (χ0) is 13.0. The fraction of sp³-hybridized carbons (Fsp3) is 0.833. The van der Waals surface area contributed by atoms with Crippen molar-refractivity contribution in [2.45, 2.75) is 32.7 Å². The quantitative estimate of drug-likeness (QED) is 0.816. The van der Waals surface area contributed by atoms with Gasteiger partial charge in [-0.2, -0.15) is 11.8 Å². The summed E-state index contributed by atoms with van der Waals surface area (Å²) in [7, 11) is 1.62. The third-order valence-corrected chi connectivity index (χ3v) is 4.24. The molecule has 0 bridgehead atoms. The fourth-order valence-corrected chi connectivity index (χ4v) is 3.25. The molecule has 2 unspecified atom stereocenters. The summed E-state index contributed by atoms with van der Waals surface area (Å²) in [6.07, 6.45) is 1.39. The van der Waals surface area contributed by atoms with Crippen LogP contribution in [-0.2, 0) is 9.59 Å². The number of aliphatic carboxylic acids is 1. The van der Waals surface area contributed by atoms with E-state index in [9.17, 15) is 14.7 Å². The highest BCUT2D eigenvalue weighted by atomic mass is 32.2. The summed E-state index contributed by atoms with van der Waals surface area (Å²) in [6.45, 7) is 3.94. The highest BCUT2D eigenvalue weighted by molar-refractivity contribution is 7.99. The maximum atomic E-state index is 12.1. The molecule has 0 spiro atoms. The molecule has 4 nitrogen and oxygen atoms in total. The van der Waals surface area contributed by atoms with Gasteiger partial charge < -0.3 is 10.0 Å². The van der Waals surface area contributed by atoms with E-state index in [1.165, 1.54) is 4.90 Å². The van der Waals surface area contributed by atoms with Gasteiger partial charge in [-0.1, -0.05) is 13.8 Å². The first kappa shape index (κ1) is 14.4. The van der Waals surface area contributed by atoms with E-state index in [-0.39, 0.29) is 17.7 Å². The van der Waals surface area contributed by atoms with Gasteiger partial charge in [0.05, 0.1) is 0 Å². The van der Waals surface area contributed by atoms with Gasteiger partial charge in [-0.05, 0) is 24.5 Å². The van der Waals surface area contributed by atoms with Crippen molar-refractivity contribution in [1.29, 1.82) is 0 Å². The number of carbonyl (C=O) groups is 2. The van der Waals surface area contributed by atoms with Crippen molar-refractivity contribution < 1.29 is 14.7 Å². The second-order valence-electron chi connectivity index (χ2n) is 4.99. The molecule has 1 aliphatic heterocycles. The van der Waals surface area contributed by atoms with E-state index in [1.807, 2.05) is 13.8 Å². The van der Waals surface area contributed by atoms with Crippen molar-refractivity contribution >= 4 is 23.6 Å². The third-order valence-electron chi connectivity index (χ3n) is 3.07. The first-order valence-corrected chi connectivity index (χ1v) is 7.16. The van der Waals surface area contributed by atoms with Gasteiger partial charge in [-0.3, -0.25) is 4.79 Å². The van der Waals surface area contributed by atoms with Crippen molar-refractivity contribution in [2.75, 3.05) is 18.6 Å². The molecule has 5 heteroatoms. The first-order valence-electron chi connectivity index (χ1n) is 6.00. The fourth-order valence-electron chi connectivity index (χ4n) is 2.04. The standard InChI is InChI=1S/C12H21NO3S/c1-8(2)6-10(12(15)16)13(3)11(14)9-4-5-17-7-9/h8-10H,4-7H2,1-3H3,(H,15,16). The van der Waals surface area contributed by atoms with Gasteiger partial charge in [0.25, 0.3) is 0 Å². The molecule has 0 aliphatic carbocycles. The van der Waals surface area contributed by atoms with E-state index in [0.717, 1.165) is 17.9 Å². The van der Waals surface area contributed by atoms with Crippen molar-refractivity contribution in [1.82, 2.24) is 4.90 Å². The lowest BCUT2D eigenvalue weighted by molar-refractivity contribution is -0.151. The number of nitrogens with zero attached hydrogens (tertiary/aromatic N) is 1. The molecule has 0 radical (unpaired) electrons. The zero-order valence-corrected chi connectivity index (χ0v) is 11.5. The van der Waals surface area contributed by atoms with Crippen LogP contribution in [0.25, 0.3) is 0 Å². The SMILES string of the molecule is CC(C)CC(C(=O)O)N(C)C(=O)C1CCSC1. The molecule has 0 saturated carbocycles. The normalized spacial score (nSPS) is 21.5. The molecule has 0 aromatic rings. The molecular formula is C12H21NO3S. The Labute approximate surface area is 107 Å². The van der Waals surface area contributed by atoms with Gasteiger partial charge in [0, 0.05) is 18.7 Å². The maximum absolute atomic E-state index is 12.1. The lowest BCUT2D eigenvalue weighted by Gasteiger charge is -2.28. The summed E-state index contributed by atoms with van der Waals surface area (Å²) in [4.78, 5) is 24.7. The largest absolute Gasteiger partial charge is 0.480 e. The lowest BCUT2D eigenvalue weighted by atomic mass is 10.0. The van der Waals surface area contributed by atoms with Crippen LogP contribution in [-0.4, -0.2) is 46.5 Å². The Kier molecular flexibility index (Phi) is 5.31. The number of thioether (sulfide) groups is 1. The summed E-state index contributed by atoms with van der Waals surface area (Å²) < 4.78 is 0. The Morgan fingerprint density at radius 3 is 2.53 bits per heavy atom. The summed E-state index contributed by atoms with van der Waals surface area (Å²) in [5.74, 6) is 1.20. The van der Waals surface area contributed by atoms with E-state index in [1.54, 1.807) is 18.8 Å². The summed E-state index contributed by atoms with van der Waals surface area (Å²) >= 11 is 1.77. The number of carboxylic acid groups (broad SMARTS) is 1. The number of likely N-dealkylation sites (N-methyl/N-ethyl adjacent to an activating group) is 1. The predicted molar refractivity (Wildman–Crippen MR) is 69.1 cm³/mol. The van der Waals surface area contributed by atoms with Crippen LogP contribution in [0, 0.1) is 11.8 Å². The Hall–Kier alpha value is -0.710. The number of hydrogen-bond acceptors (Lipinski definition) is 3. The molecule has 1 rings (SSSR count). The van der Waals surface area contributed by atoms with Crippen LogP contribution in [0.3, 0.4) is 0 Å². The molecule has 1 heterocycles. The molecule has 1 N–H and O–H groups in total. The predicted octanol–water partition coefficient (Wildman–Crippen LogP) is 1.70.